The van der Waals surface area contributed by atoms with Crippen molar-refractivity contribution in [2.75, 3.05) is 7.11 Å². The normalized spacial score (nSPS) is 16.7. The van der Waals surface area contributed by atoms with E-state index in [1.165, 1.54) is 39.2 Å². The molecule has 0 spiro atoms. The molecule has 0 unspecified atom stereocenters. The van der Waals surface area contributed by atoms with E-state index < -0.39 is 17.4 Å². The molecule has 2 aromatic heterocycles. The molecule has 1 amide bonds. The summed E-state index contributed by atoms with van der Waals surface area (Å²) in [4.78, 5) is 29.8. The van der Waals surface area contributed by atoms with E-state index in [0.717, 1.165) is 17.6 Å². The second-order valence-corrected chi connectivity index (χ2v) is 8.87. The lowest BCUT2D eigenvalue weighted by atomic mass is 9.86. The lowest BCUT2D eigenvalue weighted by Gasteiger charge is -2.28. The summed E-state index contributed by atoms with van der Waals surface area (Å²) in [6, 6.07) is 3.03. The Morgan fingerprint density at radius 1 is 1.29 bits per heavy atom. The quantitative estimate of drug-likeness (QED) is 0.792. The van der Waals surface area contributed by atoms with Gasteiger partial charge in [0.1, 0.15) is 11.7 Å². The van der Waals surface area contributed by atoms with Gasteiger partial charge in [0.05, 0.1) is 12.7 Å². The maximum atomic E-state index is 13.1. The first-order valence-corrected chi connectivity index (χ1v) is 10.1. The molecular weight excluding hydrogens is 354 g/mol. The highest BCUT2D eigenvalue weighted by molar-refractivity contribution is 6.07. The summed E-state index contributed by atoms with van der Waals surface area (Å²) < 4.78 is 7.00. The van der Waals surface area contributed by atoms with Crippen molar-refractivity contribution in [1.29, 1.82) is 0 Å². The van der Waals surface area contributed by atoms with Gasteiger partial charge in [-0.2, -0.15) is 0 Å². The van der Waals surface area contributed by atoms with E-state index in [-0.39, 0.29) is 5.91 Å². The van der Waals surface area contributed by atoms with Crippen LogP contribution in [0.3, 0.4) is 0 Å². The minimum absolute atomic E-state index is 0.272. The SMILES string of the molecule is COC(=O)[C@@H](NC(=O)c1cn(CC2CCCCC2)c2ncccc12)C(C)(C)C. The third-order valence-electron chi connectivity index (χ3n) is 5.64. The van der Waals surface area contributed by atoms with Gasteiger partial charge in [0.25, 0.3) is 5.91 Å². The minimum Gasteiger partial charge on any atom is -0.467 e. The number of aromatic nitrogens is 2. The molecule has 2 heterocycles. The van der Waals surface area contributed by atoms with Gasteiger partial charge in [-0.1, -0.05) is 40.0 Å². The average Bonchev–Trinajstić information content (AvgIpc) is 3.04. The summed E-state index contributed by atoms with van der Waals surface area (Å²) in [5.41, 5.74) is 0.919. The van der Waals surface area contributed by atoms with Crippen LogP contribution in [0.2, 0.25) is 0 Å². The number of nitrogens with one attached hydrogen (secondary N) is 1. The van der Waals surface area contributed by atoms with Crippen LogP contribution in [0.1, 0.15) is 63.2 Å². The molecule has 0 saturated heterocycles. The van der Waals surface area contributed by atoms with Gasteiger partial charge in [0.2, 0.25) is 0 Å². The Balaban J connectivity index is 1.89. The molecule has 1 fully saturated rings. The van der Waals surface area contributed by atoms with E-state index in [9.17, 15) is 9.59 Å². The van der Waals surface area contributed by atoms with Crippen LogP contribution in [0.4, 0.5) is 0 Å². The Labute approximate surface area is 166 Å². The van der Waals surface area contributed by atoms with E-state index in [1.54, 1.807) is 6.20 Å². The number of pyridine rings is 1. The van der Waals surface area contributed by atoms with Crippen molar-refractivity contribution in [3.63, 3.8) is 0 Å². The lowest BCUT2D eigenvalue weighted by molar-refractivity contribution is -0.145. The smallest absolute Gasteiger partial charge is 0.328 e. The van der Waals surface area contributed by atoms with Crippen molar-refractivity contribution < 1.29 is 14.3 Å². The average molecular weight is 386 g/mol. The maximum absolute atomic E-state index is 13.1. The van der Waals surface area contributed by atoms with E-state index in [0.29, 0.717) is 11.5 Å². The first kappa shape index (κ1) is 20.4. The monoisotopic (exact) mass is 385 g/mol. The van der Waals surface area contributed by atoms with Gasteiger partial charge >= 0.3 is 5.97 Å². The van der Waals surface area contributed by atoms with Crippen LogP contribution >= 0.6 is 0 Å². The van der Waals surface area contributed by atoms with Gasteiger partial charge in [-0.05, 0) is 36.3 Å². The standard InChI is InChI=1S/C22H31N3O3/c1-22(2,3)18(21(27)28-4)24-20(26)17-14-25(13-15-9-6-5-7-10-15)19-16(17)11-8-12-23-19/h8,11-12,14-15,18H,5-7,9-10,13H2,1-4H3,(H,24,26)/t18-/m1/s1. The first-order valence-electron chi connectivity index (χ1n) is 10.1. The van der Waals surface area contributed by atoms with E-state index in [1.807, 2.05) is 39.1 Å². The molecule has 0 aromatic carbocycles. The van der Waals surface area contributed by atoms with Crippen LogP contribution in [0.5, 0.6) is 0 Å². The fourth-order valence-corrected chi connectivity index (χ4v) is 4.05. The molecule has 28 heavy (non-hydrogen) atoms. The van der Waals surface area contributed by atoms with Crippen molar-refractivity contribution in [2.24, 2.45) is 11.3 Å². The summed E-state index contributed by atoms with van der Waals surface area (Å²) >= 11 is 0. The first-order chi connectivity index (χ1) is 13.3. The number of hydrogen-bond donors (Lipinski definition) is 1. The maximum Gasteiger partial charge on any atom is 0.328 e. The van der Waals surface area contributed by atoms with Crippen molar-refractivity contribution in [2.45, 2.75) is 65.5 Å². The fourth-order valence-electron chi connectivity index (χ4n) is 4.05. The third kappa shape index (κ3) is 4.37. The van der Waals surface area contributed by atoms with Gasteiger partial charge < -0.3 is 14.6 Å². The zero-order valence-corrected chi connectivity index (χ0v) is 17.3. The molecule has 1 saturated carbocycles. The second-order valence-electron chi connectivity index (χ2n) is 8.87. The molecule has 3 rings (SSSR count). The molecule has 6 heteroatoms. The predicted molar refractivity (Wildman–Crippen MR) is 109 cm³/mol. The molecule has 6 nitrogen and oxygen atoms in total. The summed E-state index contributed by atoms with van der Waals surface area (Å²) in [7, 11) is 1.34. The molecule has 1 N–H and O–H groups in total. The number of rotatable bonds is 5. The number of nitrogens with zero attached hydrogens (tertiary/aromatic N) is 2. The summed E-state index contributed by atoms with van der Waals surface area (Å²) in [6.45, 7) is 6.59. The van der Waals surface area contributed by atoms with Gasteiger partial charge in [-0.25, -0.2) is 9.78 Å². The molecule has 1 aliphatic rings. The van der Waals surface area contributed by atoms with Gasteiger partial charge in [0.15, 0.2) is 0 Å². The number of ether oxygens (including phenoxy) is 1. The second kappa shape index (κ2) is 8.33. The Morgan fingerprint density at radius 3 is 2.64 bits per heavy atom. The van der Waals surface area contributed by atoms with Crippen LogP contribution in [-0.4, -0.2) is 34.6 Å². The van der Waals surface area contributed by atoms with Gasteiger partial charge in [-0.3, -0.25) is 4.79 Å². The molecule has 2 aromatic rings. The van der Waals surface area contributed by atoms with Crippen molar-refractivity contribution in [1.82, 2.24) is 14.9 Å². The third-order valence-corrected chi connectivity index (χ3v) is 5.64. The topological polar surface area (TPSA) is 73.2 Å². The van der Waals surface area contributed by atoms with Crippen LogP contribution in [0, 0.1) is 11.3 Å². The molecule has 1 aliphatic carbocycles. The summed E-state index contributed by atoms with van der Waals surface area (Å²) in [6.07, 6.45) is 9.96. The van der Waals surface area contributed by atoms with Crippen LogP contribution in [0.25, 0.3) is 11.0 Å². The Kier molecular flexibility index (Phi) is 6.06. The number of esters is 1. The largest absolute Gasteiger partial charge is 0.467 e. The zero-order valence-electron chi connectivity index (χ0n) is 17.3. The van der Waals surface area contributed by atoms with E-state index in [2.05, 4.69) is 14.9 Å². The van der Waals surface area contributed by atoms with Crippen molar-refractivity contribution >= 4 is 22.9 Å². The molecule has 0 aliphatic heterocycles. The number of methoxy groups -OCH3 is 1. The van der Waals surface area contributed by atoms with Gasteiger partial charge in [-0.15, -0.1) is 0 Å². The Hall–Kier alpha value is -2.37. The highest BCUT2D eigenvalue weighted by Crippen LogP contribution is 2.28. The number of carbonyl (C=O) groups excluding carboxylic acids is 2. The van der Waals surface area contributed by atoms with Crippen LogP contribution in [-0.2, 0) is 16.1 Å². The molecule has 0 bridgehead atoms. The van der Waals surface area contributed by atoms with E-state index >= 15 is 0 Å². The molecule has 1 atom stereocenters. The van der Waals surface area contributed by atoms with Gasteiger partial charge in [0, 0.05) is 24.3 Å². The minimum atomic E-state index is -0.724. The summed E-state index contributed by atoms with van der Waals surface area (Å²) in [5, 5.41) is 3.69. The van der Waals surface area contributed by atoms with Crippen LogP contribution in [0.15, 0.2) is 24.5 Å². The highest BCUT2D eigenvalue weighted by atomic mass is 16.5. The fraction of sp³-hybridized carbons (Fsp3) is 0.591. The summed E-state index contributed by atoms with van der Waals surface area (Å²) in [5.74, 6) is -0.0877. The van der Waals surface area contributed by atoms with Crippen molar-refractivity contribution in [3.8, 4) is 0 Å². The number of carbonyl (C=O) groups is 2. The van der Waals surface area contributed by atoms with Crippen molar-refractivity contribution in [3.05, 3.63) is 30.1 Å². The number of amides is 1. The Morgan fingerprint density at radius 2 is 2.00 bits per heavy atom. The number of hydrogen-bond acceptors (Lipinski definition) is 4. The zero-order chi connectivity index (χ0) is 20.3. The molecule has 152 valence electrons. The molecular formula is C22H31N3O3. The highest BCUT2D eigenvalue weighted by Gasteiger charge is 2.34. The van der Waals surface area contributed by atoms with Crippen LogP contribution < -0.4 is 5.32 Å². The lowest BCUT2D eigenvalue weighted by Crippen LogP contribution is -2.49. The Bertz CT molecular complexity index is 844. The number of fused-ring (bicyclic) bond motifs is 1. The predicted octanol–water partition coefficient (Wildman–Crippen LogP) is 3.93. The van der Waals surface area contributed by atoms with E-state index in [4.69, 9.17) is 4.74 Å². The molecule has 0 radical (unpaired) electrons.